The van der Waals surface area contributed by atoms with Crippen molar-refractivity contribution in [2.75, 3.05) is 14.7 Å². The van der Waals surface area contributed by atoms with Crippen molar-refractivity contribution in [1.29, 1.82) is 0 Å². The number of anilines is 7. The maximum absolute atomic E-state index is 2.57. The highest BCUT2D eigenvalue weighted by molar-refractivity contribution is 8.04. The molecule has 0 radical (unpaired) electrons. The van der Waals surface area contributed by atoms with Crippen LogP contribution < -0.4 is 14.7 Å². The summed E-state index contributed by atoms with van der Waals surface area (Å²) in [7, 11) is 0. The van der Waals surface area contributed by atoms with Crippen LogP contribution in [0.1, 0.15) is 63.8 Å². The number of hydrogen-bond acceptors (Lipinski definition) is 5. The molecule has 0 saturated carbocycles. The lowest BCUT2D eigenvalue weighted by atomic mass is 9.86. The van der Waals surface area contributed by atoms with Crippen LogP contribution in [0, 0.1) is 11.8 Å². The molecule has 0 N–H and O–H groups in total. The van der Waals surface area contributed by atoms with Crippen LogP contribution in [0.15, 0.2) is 247 Å². The number of thioether (sulfide) groups is 2. The van der Waals surface area contributed by atoms with Gasteiger partial charge in [-0.2, -0.15) is 0 Å². The van der Waals surface area contributed by atoms with Gasteiger partial charge in [0.25, 0.3) is 0 Å². The molecule has 5 heteroatoms. The minimum Gasteiger partial charge on any atom is -0.310 e. The third-order valence-corrected chi connectivity index (χ3v) is 16.7. The van der Waals surface area contributed by atoms with Gasteiger partial charge in [0.15, 0.2) is 0 Å². The van der Waals surface area contributed by atoms with Crippen molar-refractivity contribution in [2.24, 2.45) is 11.8 Å². The Bertz CT molecular complexity index is 2990. The first-order chi connectivity index (χ1) is 34.5. The summed E-state index contributed by atoms with van der Waals surface area (Å²) in [6, 6.07) is 69.9. The quantitative estimate of drug-likeness (QED) is 0.127. The van der Waals surface area contributed by atoms with Crippen LogP contribution in [0.4, 0.5) is 39.8 Å². The van der Waals surface area contributed by atoms with Gasteiger partial charge in [-0.3, -0.25) is 0 Å². The molecule has 0 amide bonds. The maximum Gasteiger partial charge on any atom is 0.0849 e. The van der Waals surface area contributed by atoms with E-state index in [0.29, 0.717) is 0 Å². The predicted molar refractivity (Wildman–Crippen MR) is 309 cm³/mol. The van der Waals surface area contributed by atoms with E-state index in [2.05, 4.69) is 293 Å². The predicted octanol–water partition coefficient (Wildman–Crippen LogP) is 18.5. The van der Waals surface area contributed by atoms with Crippen molar-refractivity contribution in [3.05, 3.63) is 269 Å². The number of rotatable bonds is 11. The number of hydrogen-bond donors (Lipinski definition) is 0. The summed E-state index contributed by atoms with van der Waals surface area (Å²) in [4.78, 5) is 7.57. The van der Waals surface area contributed by atoms with Gasteiger partial charge < -0.3 is 14.7 Å². The van der Waals surface area contributed by atoms with E-state index in [0.717, 1.165) is 39.8 Å². The third kappa shape index (κ3) is 9.30. The summed E-state index contributed by atoms with van der Waals surface area (Å²) in [6.07, 6.45) is 18.5. The van der Waals surface area contributed by atoms with Crippen LogP contribution in [0.25, 0.3) is 11.1 Å². The van der Waals surface area contributed by atoms with E-state index in [-0.39, 0.29) is 33.2 Å². The molecule has 4 atom stereocenters. The van der Waals surface area contributed by atoms with Gasteiger partial charge >= 0.3 is 0 Å². The monoisotopic (exact) mass is 959 g/mol. The molecule has 7 aromatic carbocycles. The molecule has 0 saturated heterocycles. The molecule has 0 spiro atoms. The Kier molecular flexibility index (Phi) is 12.7. The maximum atomic E-state index is 2.57. The fourth-order valence-electron chi connectivity index (χ4n) is 10.4. The van der Waals surface area contributed by atoms with Gasteiger partial charge in [0, 0.05) is 45.1 Å². The van der Waals surface area contributed by atoms with Crippen molar-refractivity contribution in [2.45, 2.75) is 62.9 Å². The van der Waals surface area contributed by atoms with E-state index in [4.69, 9.17) is 0 Å². The van der Waals surface area contributed by atoms with Gasteiger partial charge in [0.05, 0.1) is 27.1 Å². The Hall–Kier alpha value is -6.92. The molecule has 0 aromatic heterocycles. The van der Waals surface area contributed by atoms with Crippen molar-refractivity contribution in [3.8, 4) is 0 Å². The average Bonchev–Trinajstić information content (AvgIpc) is 3.96. The van der Waals surface area contributed by atoms with Crippen LogP contribution in [-0.4, -0.2) is 10.5 Å². The lowest BCUT2D eigenvalue weighted by Gasteiger charge is -2.34. The fourth-order valence-corrected chi connectivity index (χ4v) is 13.4. The molecule has 2 aliphatic heterocycles. The molecule has 352 valence electrons. The van der Waals surface area contributed by atoms with Gasteiger partial charge in [-0.1, -0.05) is 235 Å². The Morgan fingerprint density at radius 2 is 0.634 bits per heavy atom. The second-order valence-electron chi connectivity index (χ2n) is 20.9. The smallest absolute Gasteiger partial charge is 0.0849 e. The number of benzene rings is 7. The average molecular weight is 960 g/mol. The standard InChI is InChI=1S/C66H61N3S2/c1-65(2,3)48-35-39-52(40-36-48)68(63-61(46-23-11-7-12-24-46)57-31-19-21-33-59(57)70-63)55-43-54(67(50-27-15-9-16-28-50)51-29-17-10-18-30-51)44-56(45-55)69(53-41-37-49(38-42-53)66(4,5)6)64-62(47-25-13-8-14-26-47)58-32-20-22-34-60(58)71-64/h7-45,57-60H,1-6H3. The van der Waals surface area contributed by atoms with Crippen LogP contribution in [0.3, 0.4) is 0 Å². The zero-order valence-electron chi connectivity index (χ0n) is 41.5. The van der Waals surface area contributed by atoms with Crippen LogP contribution in [-0.2, 0) is 10.8 Å². The van der Waals surface area contributed by atoms with Crippen molar-refractivity contribution < 1.29 is 0 Å². The summed E-state index contributed by atoms with van der Waals surface area (Å²) in [5.74, 6) is 0.421. The normalized spacial score (nSPS) is 19.2. The molecule has 2 heterocycles. The van der Waals surface area contributed by atoms with Crippen LogP contribution in [0.5, 0.6) is 0 Å². The van der Waals surface area contributed by atoms with E-state index < -0.39 is 0 Å². The van der Waals surface area contributed by atoms with Crippen LogP contribution in [0.2, 0.25) is 0 Å². The third-order valence-electron chi connectivity index (χ3n) is 14.0. The molecule has 2 aliphatic carbocycles. The Balaban J connectivity index is 1.24. The molecule has 0 fully saturated rings. The van der Waals surface area contributed by atoms with E-state index in [1.165, 1.54) is 43.5 Å². The van der Waals surface area contributed by atoms with E-state index in [1.54, 1.807) is 0 Å². The Morgan fingerprint density at radius 3 is 0.986 bits per heavy atom. The molecule has 4 unspecified atom stereocenters. The summed E-state index contributed by atoms with van der Waals surface area (Å²) in [6.45, 7) is 13.8. The largest absolute Gasteiger partial charge is 0.310 e. The van der Waals surface area contributed by atoms with Gasteiger partial charge in [-0.25, -0.2) is 0 Å². The fraction of sp³-hybridized carbons (Fsp3) is 0.182. The highest BCUT2D eigenvalue weighted by Crippen LogP contribution is 2.57. The van der Waals surface area contributed by atoms with Crippen molar-refractivity contribution in [3.63, 3.8) is 0 Å². The lowest BCUT2D eigenvalue weighted by molar-refractivity contribution is 0.590. The second kappa shape index (κ2) is 19.4. The molecule has 3 nitrogen and oxygen atoms in total. The molecular formula is C66H61N3S2. The first-order valence-electron chi connectivity index (χ1n) is 25.0. The van der Waals surface area contributed by atoms with E-state index >= 15 is 0 Å². The van der Waals surface area contributed by atoms with E-state index in [9.17, 15) is 0 Å². The second-order valence-corrected chi connectivity index (χ2v) is 23.2. The Labute approximate surface area is 430 Å². The first kappa shape index (κ1) is 46.5. The molecule has 71 heavy (non-hydrogen) atoms. The number of nitrogens with zero attached hydrogens (tertiary/aromatic N) is 3. The highest BCUT2D eigenvalue weighted by Gasteiger charge is 2.40. The zero-order valence-corrected chi connectivity index (χ0v) is 43.1. The minimum absolute atomic E-state index is 0.00283. The number of para-hydroxylation sites is 2. The highest BCUT2D eigenvalue weighted by atomic mass is 32.2. The summed E-state index contributed by atoms with van der Waals surface area (Å²) >= 11 is 3.95. The summed E-state index contributed by atoms with van der Waals surface area (Å²) in [5.41, 5.74) is 15.4. The molecule has 11 rings (SSSR count). The van der Waals surface area contributed by atoms with Crippen LogP contribution >= 0.6 is 23.5 Å². The van der Waals surface area contributed by atoms with Gasteiger partial charge in [0.2, 0.25) is 0 Å². The SMILES string of the molecule is CC(C)(C)c1ccc(N(C2=C(c3ccccc3)C3C=CC=CC3S2)c2cc(N(C3=C(c4ccccc4)C4C=CC=CC4S3)c3ccc(C(C)(C)C)cc3)cc(N(c3ccccc3)c3ccccc3)c2)cc1. The molecule has 7 aromatic rings. The van der Waals surface area contributed by atoms with Gasteiger partial charge in [0.1, 0.15) is 0 Å². The number of fused-ring (bicyclic) bond motifs is 2. The lowest BCUT2D eigenvalue weighted by Crippen LogP contribution is -2.20. The number of allylic oxidation sites excluding steroid dienone is 8. The topological polar surface area (TPSA) is 9.72 Å². The van der Waals surface area contributed by atoms with Crippen molar-refractivity contribution >= 4 is 74.5 Å². The van der Waals surface area contributed by atoms with Gasteiger partial charge in [-0.15, -0.1) is 0 Å². The first-order valence-corrected chi connectivity index (χ1v) is 26.7. The zero-order chi connectivity index (χ0) is 48.7. The van der Waals surface area contributed by atoms with E-state index in [1.807, 2.05) is 23.5 Å². The summed E-state index contributed by atoms with van der Waals surface area (Å²) < 4.78 is 0. The molecule has 4 aliphatic rings. The molecule has 0 bridgehead atoms. The molecular weight excluding hydrogens is 899 g/mol. The summed E-state index contributed by atoms with van der Waals surface area (Å²) in [5, 5.41) is 2.98. The van der Waals surface area contributed by atoms with Crippen molar-refractivity contribution in [1.82, 2.24) is 0 Å². The minimum atomic E-state index is -0.00283. The van der Waals surface area contributed by atoms with Gasteiger partial charge in [-0.05, 0) is 111 Å². The Morgan fingerprint density at radius 1 is 0.324 bits per heavy atom.